The molecule has 0 bridgehead atoms. The quantitative estimate of drug-likeness (QED) is 0.881. The van der Waals surface area contributed by atoms with Gasteiger partial charge in [0.2, 0.25) is 6.79 Å². The van der Waals surface area contributed by atoms with Crippen LogP contribution in [-0.2, 0) is 6.42 Å². The summed E-state index contributed by atoms with van der Waals surface area (Å²) in [5.74, 6) is 1.39. The fourth-order valence-electron chi connectivity index (χ4n) is 3.01. The number of benzene rings is 1. The molecule has 126 valence electrons. The van der Waals surface area contributed by atoms with Gasteiger partial charge in [-0.25, -0.2) is 0 Å². The molecule has 1 aromatic heterocycles. The molecule has 1 fully saturated rings. The number of nitrogens with zero attached hydrogens (tertiary/aromatic N) is 4. The molecule has 8 heteroatoms. The lowest BCUT2D eigenvalue weighted by Crippen LogP contribution is -2.49. The minimum Gasteiger partial charge on any atom is -0.454 e. The van der Waals surface area contributed by atoms with Crippen LogP contribution in [0.2, 0.25) is 0 Å². The number of ether oxygens (including phenoxy) is 2. The van der Waals surface area contributed by atoms with Crippen LogP contribution in [0.25, 0.3) is 0 Å². The molecule has 24 heavy (non-hydrogen) atoms. The van der Waals surface area contributed by atoms with Gasteiger partial charge in [0, 0.05) is 44.7 Å². The summed E-state index contributed by atoms with van der Waals surface area (Å²) in [4.78, 5) is 16.9. The number of aromatic nitrogens is 3. The number of nitrogens with one attached hydrogen (secondary N) is 1. The third-order valence-electron chi connectivity index (χ3n) is 4.43. The Hall–Kier alpha value is -2.61. The number of amides is 1. The van der Waals surface area contributed by atoms with Gasteiger partial charge in [-0.2, -0.15) is 15.4 Å². The number of carbonyl (C=O) groups excluding carboxylic acids is 1. The zero-order valence-electron chi connectivity index (χ0n) is 13.3. The lowest BCUT2D eigenvalue weighted by Gasteiger charge is -2.34. The van der Waals surface area contributed by atoms with E-state index in [1.807, 2.05) is 4.90 Å². The summed E-state index contributed by atoms with van der Waals surface area (Å²) >= 11 is 0. The topological polar surface area (TPSA) is 83.6 Å². The number of rotatable bonds is 4. The van der Waals surface area contributed by atoms with Crippen LogP contribution in [0, 0.1) is 0 Å². The van der Waals surface area contributed by atoms with Gasteiger partial charge in [-0.15, -0.1) is 0 Å². The van der Waals surface area contributed by atoms with Crippen molar-refractivity contribution in [2.75, 3.05) is 39.5 Å². The summed E-state index contributed by atoms with van der Waals surface area (Å²) in [6.07, 6.45) is 2.62. The first-order valence-electron chi connectivity index (χ1n) is 8.05. The van der Waals surface area contributed by atoms with E-state index in [4.69, 9.17) is 9.47 Å². The van der Waals surface area contributed by atoms with Gasteiger partial charge in [0.25, 0.3) is 5.91 Å². The molecule has 8 nitrogen and oxygen atoms in total. The summed E-state index contributed by atoms with van der Waals surface area (Å²) < 4.78 is 10.6. The van der Waals surface area contributed by atoms with Crippen molar-refractivity contribution in [1.82, 2.24) is 25.2 Å². The standard InChI is InChI=1S/C16H19N5O3/c22-16(12-1-2-14-15(9-12)24-11-23-14)21-7-5-20(6-8-21)4-3-13-10-17-19-18-13/h1-2,9-10H,3-8,11H2,(H,17,18,19). The number of H-pyrrole nitrogens is 1. The van der Waals surface area contributed by atoms with E-state index < -0.39 is 0 Å². The number of aromatic amines is 1. The van der Waals surface area contributed by atoms with Crippen LogP contribution in [0.1, 0.15) is 16.1 Å². The number of fused-ring (bicyclic) bond motifs is 1. The van der Waals surface area contributed by atoms with Crippen LogP contribution in [0.3, 0.4) is 0 Å². The summed E-state index contributed by atoms with van der Waals surface area (Å²) in [6, 6.07) is 5.36. The van der Waals surface area contributed by atoms with Crippen LogP contribution in [0.15, 0.2) is 24.4 Å². The molecule has 1 N–H and O–H groups in total. The molecule has 2 aromatic rings. The molecule has 1 amide bonds. The first-order valence-corrected chi connectivity index (χ1v) is 8.05. The molecule has 0 radical (unpaired) electrons. The third-order valence-corrected chi connectivity index (χ3v) is 4.43. The van der Waals surface area contributed by atoms with Crippen LogP contribution < -0.4 is 9.47 Å². The highest BCUT2D eigenvalue weighted by Gasteiger charge is 2.24. The van der Waals surface area contributed by atoms with Crippen molar-refractivity contribution in [3.8, 4) is 11.5 Å². The highest BCUT2D eigenvalue weighted by molar-refractivity contribution is 5.95. The van der Waals surface area contributed by atoms with Crippen molar-refractivity contribution in [1.29, 1.82) is 0 Å². The number of hydrogen-bond donors (Lipinski definition) is 1. The molecule has 0 atom stereocenters. The van der Waals surface area contributed by atoms with Gasteiger partial charge in [0.1, 0.15) is 0 Å². The molecule has 1 aromatic carbocycles. The van der Waals surface area contributed by atoms with E-state index in [0.29, 0.717) is 17.1 Å². The Morgan fingerprint density at radius 3 is 2.79 bits per heavy atom. The number of carbonyl (C=O) groups is 1. The first-order chi connectivity index (χ1) is 11.8. The Morgan fingerprint density at radius 1 is 1.17 bits per heavy atom. The molecule has 0 unspecified atom stereocenters. The highest BCUT2D eigenvalue weighted by Crippen LogP contribution is 2.32. The summed E-state index contributed by atoms with van der Waals surface area (Å²) in [6.45, 7) is 4.34. The van der Waals surface area contributed by atoms with E-state index in [0.717, 1.165) is 44.8 Å². The number of hydrogen-bond acceptors (Lipinski definition) is 6. The zero-order valence-corrected chi connectivity index (χ0v) is 13.3. The lowest BCUT2D eigenvalue weighted by molar-refractivity contribution is 0.0638. The Kier molecular flexibility index (Phi) is 4.04. The first kappa shape index (κ1) is 14.9. The minimum atomic E-state index is 0.0458. The van der Waals surface area contributed by atoms with E-state index in [9.17, 15) is 4.79 Å². The van der Waals surface area contributed by atoms with E-state index in [1.165, 1.54) is 0 Å². The molecule has 2 aliphatic rings. The van der Waals surface area contributed by atoms with Crippen molar-refractivity contribution in [2.45, 2.75) is 6.42 Å². The minimum absolute atomic E-state index is 0.0458. The third kappa shape index (κ3) is 3.05. The predicted molar refractivity (Wildman–Crippen MR) is 85.0 cm³/mol. The maximum Gasteiger partial charge on any atom is 0.254 e. The van der Waals surface area contributed by atoms with E-state index in [-0.39, 0.29) is 12.7 Å². The van der Waals surface area contributed by atoms with Crippen molar-refractivity contribution in [3.05, 3.63) is 35.7 Å². The van der Waals surface area contributed by atoms with Gasteiger partial charge in [-0.05, 0) is 18.2 Å². The van der Waals surface area contributed by atoms with Gasteiger partial charge in [0.05, 0.1) is 11.9 Å². The van der Waals surface area contributed by atoms with Crippen LogP contribution in [0.5, 0.6) is 11.5 Å². The summed E-state index contributed by atoms with van der Waals surface area (Å²) in [5.41, 5.74) is 1.61. The van der Waals surface area contributed by atoms with Crippen molar-refractivity contribution >= 4 is 5.91 Å². The smallest absolute Gasteiger partial charge is 0.254 e. The van der Waals surface area contributed by atoms with Gasteiger partial charge < -0.3 is 14.4 Å². The van der Waals surface area contributed by atoms with Crippen molar-refractivity contribution in [3.63, 3.8) is 0 Å². The molecule has 0 spiro atoms. The molecule has 0 saturated carbocycles. The fraction of sp³-hybridized carbons (Fsp3) is 0.438. The zero-order chi connectivity index (χ0) is 16.4. The molecule has 4 rings (SSSR count). The Balaban J connectivity index is 1.31. The van der Waals surface area contributed by atoms with Gasteiger partial charge in [-0.1, -0.05) is 0 Å². The maximum absolute atomic E-state index is 12.6. The van der Waals surface area contributed by atoms with Crippen LogP contribution in [0.4, 0.5) is 0 Å². The SMILES string of the molecule is O=C(c1ccc2c(c1)OCO2)N1CCN(CCc2cn[nH]n2)CC1. The molecule has 1 saturated heterocycles. The van der Waals surface area contributed by atoms with Gasteiger partial charge in [-0.3, -0.25) is 9.69 Å². The molecular formula is C16H19N5O3. The molecular weight excluding hydrogens is 310 g/mol. The summed E-state index contributed by atoms with van der Waals surface area (Å²) in [7, 11) is 0. The van der Waals surface area contributed by atoms with Gasteiger partial charge in [0.15, 0.2) is 11.5 Å². The average Bonchev–Trinajstić information content (AvgIpc) is 3.30. The highest BCUT2D eigenvalue weighted by atomic mass is 16.7. The molecule has 3 heterocycles. The van der Waals surface area contributed by atoms with E-state index in [2.05, 4.69) is 20.3 Å². The van der Waals surface area contributed by atoms with E-state index in [1.54, 1.807) is 24.4 Å². The second-order valence-electron chi connectivity index (χ2n) is 5.91. The van der Waals surface area contributed by atoms with Crippen molar-refractivity contribution < 1.29 is 14.3 Å². The normalized spacial score (nSPS) is 17.2. The molecule has 2 aliphatic heterocycles. The monoisotopic (exact) mass is 329 g/mol. The van der Waals surface area contributed by atoms with Crippen LogP contribution >= 0.6 is 0 Å². The average molecular weight is 329 g/mol. The Labute approximate surface area is 139 Å². The lowest BCUT2D eigenvalue weighted by atomic mass is 10.1. The van der Waals surface area contributed by atoms with Crippen molar-refractivity contribution in [2.24, 2.45) is 0 Å². The van der Waals surface area contributed by atoms with Crippen LogP contribution in [-0.4, -0.2) is 70.6 Å². The Morgan fingerprint density at radius 2 is 2.00 bits per heavy atom. The largest absolute Gasteiger partial charge is 0.454 e. The number of piperazine rings is 1. The predicted octanol–water partition coefficient (Wildman–Crippen LogP) is 0.534. The Bertz CT molecular complexity index is 711. The molecule has 0 aliphatic carbocycles. The van der Waals surface area contributed by atoms with Gasteiger partial charge >= 0.3 is 0 Å². The summed E-state index contributed by atoms with van der Waals surface area (Å²) in [5, 5.41) is 10.5. The second-order valence-corrected chi connectivity index (χ2v) is 5.91. The maximum atomic E-state index is 12.6. The van der Waals surface area contributed by atoms with E-state index >= 15 is 0 Å². The fourth-order valence-corrected chi connectivity index (χ4v) is 3.01. The second kappa shape index (κ2) is 6.48.